The first-order valence-corrected chi connectivity index (χ1v) is 9.81. The van der Waals surface area contributed by atoms with E-state index in [1.165, 1.54) is 22.6 Å². The van der Waals surface area contributed by atoms with Crippen molar-refractivity contribution in [1.82, 2.24) is 0 Å². The summed E-state index contributed by atoms with van der Waals surface area (Å²) < 4.78 is 0. The van der Waals surface area contributed by atoms with E-state index in [1.54, 1.807) is 0 Å². The van der Waals surface area contributed by atoms with E-state index in [1.807, 2.05) is 53.7 Å². The van der Waals surface area contributed by atoms with Crippen LogP contribution >= 0.6 is 0 Å². The number of para-hydroxylation sites is 2. The van der Waals surface area contributed by atoms with E-state index in [9.17, 15) is 0 Å². The van der Waals surface area contributed by atoms with Gasteiger partial charge in [0.2, 0.25) is 0 Å². The van der Waals surface area contributed by atoms with E-state index in [0.29, 0.717) is 0 Å². The zero-order valence-corrected chi connectivity index (χ0v) is 17.5. The van der Waals surface area contributed by atoms with Gasteiger partial charge in [0.25, 0.3) is 0 Å². The third-order valence-electron chi connectivity index (χ3n) is 3.32. The minimum Gasteiger partial charge on any atom is -0.311 e. The lowest BCUT2D eigenvalue weighted by atomic mass is 10.1. The molecule has 3 rings (SSSR count). The van der Waals surface area contributed by atoms with Crippen LogP contribution in [0.25, 0.3) is 0 Å². The van der Waals surface area contributed by atoms with Gasteiger partial charge in [-0.05, 0) is 43.3 Å². The molecule has 0 aromatic heterocycles. The van der Waals surface area contributed by atoms with Gasteiger partial charge in [-0.2, -0.15) is 0 Å². The molecule has 0 amide bonds. The average Bonchev–Trinajstić information content (AvgIpc) is 2.76. The Morgan fingerprint density at radius 3 is 1.08 bits per heavy atom. The number of hydrogen-bond donors (Lipinski definition) is 0. The second-order valence-electron chi connectivity index (χ2n) is 4.84. The van der Waals surface area contributed by atoms with Crippen LogP contribution in [0.15, 0.2) is 84.9 Å². The van der Waals surface area contributed by atoms with Gasteiger partial charge in [0, 0.05) is 17.1 Å². The normalized spacial score (nSPS) is 8.58. The molecule has 3 aromatic carbocycles. The smallest absolute Gasteiger partial charge is 0.0461 e. The molecule has 3 aromatic rings. The Labute approximate surface area is 161 Å². The summed E-state index contributed by atoms with van der Waals surface area (Å²) >= 11 is 0. The van der Waals surface area contributed by atoms with Crippen LogP contribution in [0.5, 0.6) is 0 Å². The average molecular weight is 350 g/mol. The molecule has 0 spiro atoms. The van der Waals surface area contributed by atoms with Crippen LogP contribution in [0.3, 0.4) is 0 Å². The monoisotopic (exact) mass is 349 g/mol. The molecule has 0 aliphatic carbocycles. The molecule has 26 heavy (non-hydrogen) atoms. The van der Waals surface area contributed by atoms with Crippen molar-refractivity contribution in [3.05, 3.63) is 90.5 Å². The molecule has 140 valence electrons. The minimum absolute atomic E-state index is 1.17. The molecule has 0 aliphatic rings. The van der Waals surface area contributed by atoms with Crippen LogP contribution in [0.4, 0.5) is 17.1 Å². The molecule has 1 heteroatoms. The van der Waals surface area contributed by atoms with E-state index in [2.05, 4.69) is 84.6 Å². The van der Waals surface area contributed by atoms with Crippen LogP contribution in [0.1, 0.15) is 47.1 Å². The highest BCUT2D eigenvalue weighted by Gasteiger charge is 2.10. The first-order valence-electron chi connectivity index (χ1n) is 9.81. The summed E-state index contributed by atoms with van der Waals surface area (Å²) in [6, 6.07) is 29.5. The number of aryl methyl sites for hydroxylation is 1. The molecule has 0 aliphatic heterocycles. The van der Waals surface area contributed by atoms with Crippen molar-refractivity contribution in [2.24, 2.45) is 0 Å². The Bertz CT molecular complexity index is 618. The van der Waals surface area contributed by atoms with Gasteiger partial charge in [-0.15, -0.1) is 0 Å². The zero-order valence-electron chi connectivity index (χ0n) is 17.5. The molecule has 0 N–H and O–H groups in total. The molecule has 1 nitrogen and oxygen atoms in total. The van der Waals surface area contributed by atoms with E-state index in [-0.39, 0.29) is 0 Å². The maximum absolute atomic E-state index is 2.26. The second kappa shape index (κ2) is 14.8. The molecule has 0 heterocycles. The summed E-state index contributed by atoms with van der Waals surface area (Å²) in [5.41, 5.74) is 4.79. The van der Waals surface area contributed by atoms with Crippen molar-refractivity contribution >= 4 is 17.1 Å². The van der Waals surface area contributed by atoms with Gasteiger partial charge in [-0.1, -0.05) is 95.6 Å². The molecule has 0 saturated carbocycles. The highest BCUT2D eigenvalue weighted by atomic mass is 15.1. The standard InChI is InChI=1S/C19H17N.3C2H6/c1-16-12-14-19(15-13-16)20(17-8-4-2-5-9-17)18-10-6-3-7-11-18;3*1-2/h2-15H,1H3;3*1-2H3. The largest absolute Gasteiger partial charge is 0.311 e. The lowest BCUT2D eigenvalue weighted by Gasteiger charge is -2.25. The number of benzene rings is 3. The number of rotatable bonds is 3. The predicted octanol–water partition coefficient (Wildman–Crippen LogP) is 8.54. The van der Waals surface area contributed by atoms with Gasteiger partial charge in [0.05, 0.1) is 0 Å². The molecule has 0 bridgehead atoms. The summed E-state index contributed by atoms with van der Waals surface area (Å²) in [6.45, 7) is 14.1. The number of nitrogens with zero attached hydrogens (tertiary/aromatic N) is 1. The minimum atomic E-state index is 1.17. The van der Waals surface area contributed by atoms with Gasteiger partial charge in [-0.25, -0.2) is 0 Å². The third-order valence-corrected chi connectivity index (χ3v) is 3.32. The maximum atomic E-state index is 2.26. The van der Waals surface area contributed by atoms with E-state index in [4.69, 9.17) is 0 Å². The van der Waals surface area contributed by atoms with E-state index < -0.39 is 0 Å². The van der Waals surface area contributed by atoms with Crippen molar-refractivity contribution in [2.45, 2.75) is 48.5 Å². The number of hydrogen-bond acceptors (Lipinski definition) is 1. The summed E-state index contributed by atoms with van der Waals surface area (Å²) in [7, 11) is 0. The molecule has 0 saturated heterocycles. The van der Waals surface area contributed by atoms with Crippen molar-refractivity contribution in [2.75, 3.05) is 4.90 Å². The highest BCUT2D eigenvalue weighted by molar-refractivity contribution is 5.76. The first kappa shape index (κ1) is 23.5. The van der Waals surface area contributed by atoms with Crippen molar-refractivity contribution < 1.29 is 0 Å². The molecular weight excluding hydrogens is 314 g/mol. The topological polar surface area (TPSA) is 3.24 Å². The Morgan fingerprint density at radius 2 is 0.731 bits per heavy atom. The van der Waals surface area contributed by atoms with Gasteiger partial charge in [0.1, 0.15) is 0 Å². The second-order valence-corrected chi connectivity index (χ2v) is 4.84. The van der Waals surface area contributed by atoms with Crippen LogP contribution in [-0.2, 0) is 0 Å². The SMILES string of the molecule is CC.CC.CC.Cc1ccc(N(c2ccccc2)c2ccccc2)cc1. The zero-order chi connectivity index (χ0) is 19.8. The van der Waals surface area contributed by atoms with Gasteiger partial charge < -0.3 is 4.90 Å². The lowest BCUT2D eigenvalue weighted by Crippen LogP contribution is -2.09. The van der Waals surface area contributed by atoms with Crippen molar-refractivity contribution in [3.8, 4) is 0 Å². The highest BCUT2D eigenvalue weighted by Crippen LogP contribution is 2.33. The Morgan fingerprint density at radius 1 is 0.423 bits per heavy atom. The van der Waals surface area contributed by atoms with E-state index in [0.717, 1.165) is 0 Å². The summed E-state index contributed by atoms with van der Waals surface area (Å²) in [4.78, 5) is 2.26. The van der Waals surface area contributed by atoms with Gasteiger partial charge in [0.15, 0.2) is 0 Å². The first-order chi connectivity index (χ1) is 12.8. The molecule has 0 fully saturated rings. The van der Waals surface area contributed by atoms with Crippen molar-refractivity contribution in [1.29, 1.82) is 0 Å². The van der Waals surface area contributed by atoms with Crippen molar-refractivity contribution in [3.63, 3.8) is 0 Å². The van der Waals surface area contributed by atoms with Gasteiger partial charge >= 0.3 is 0 Å². The fourth-order valence-corrected chi connectivity index (χ4v) is 2.30. The Balaban J connectivity index is 0.000000948. The van der Waals surface area contributed by atoms with Crippen LogP contribution in [-0.4, -0.2) is 0 Å². The Kier molecular flexibility index (Phi) is 13.3. The summed E-state index contributed by atoms with van der Waals surface area (Å²) in [5, 5.41) is 0. The fourth-order valence-electron chi connectivity index (χ4n) is 2.30. The molecular formula is C25H35N. The third kappa shape index (κ3) is 7.14. The lowest BCUT2D eigenvalue weighted by molar-refractivity contribution is 1.27. The fraction of sp³-hybridized carbons (Fsp3) is 0.280. The summed E-state index contributed by atoms with van der Waals surface area (Å²) in [6.07, 6.45) is 0. The van der Waals surface area contributed by atoms with Gasteiger partial charge in [-0.3, -0.25) is 0 Å². The maximum Gasteiger partial charge on any atom is 0.0461 e. The van der Waals surface area contributed by atoms with Crippen LogP contribution in [0, 0.1) is 6.92 Å². The Hall–Kier alpha value is -2.54. The summed E-state index contributed by atoms with van der Waals surface area (Å²) in [5.74, 6) is 0. The van der Waals surface area contributed by atoms with Crippen LogP contribution in [0.2, 0.25) is 0 Å². The van der Waals surface area contributed by atoms with Crippen LogP contribution < -0.4 is 4.90 Å². The molecule has 0 atom stereocenters. The molecule has 0 radical (unpaired) electrons. The quantitative estimate of drug-likeness (QED) is 0.458. The molecule has 0 unspecified atom stereocenters. The predicted molar refractivity (Wildman–Crippen MR) is 120 cm³/mol. The number of anilines is 3. The van der Waals surface area contributed by atoms with E-state index >= 15 is 0 Å².